The van der Waals surface area contributed by atoms with Crippen LogP contribution >= 0.6 is 12.6 Å². The Hall–Kier alpha value is -0.770. The highest BCUT2D eigenvalue weighted by molar-refractivity contribution is 7.80. The average Bonchev–Trinajstić information content (AvgIpc) is 2.20. The predicted molar refractivity (Wildman–Crippen MR) is 59.5 cm³/mol. The Labute approximate surface area is 93.9 Å². The van der Waals surface area contributed by atoms with Gasteiger partial charge in [-0.15, -0.1) is 0 Å². The van der Waals surface area contributed by atoms with Gasteiger partial charge in [0, 0.05) is 11.5 Å². The minimum atomic E-state index is -0.550. The van der Waals surface area contributed by atoms with E-state index in [1.165, 1.54) is 0 Å². The predicted octanol–water partition coefficient (Wildman–Crippen LogP) is 3.30. The molecule has 0 aromatic heterocycles. The standard InChI is InChI=1S/C11H14F2OS/c1-11(2,7-15)6-14-10-5-8(12)3-4-9(10)13/h3-5,15H,6-7H2,1-2H3. The number of ether oxygens (including phenoxy) is 1. The molecule has 0 fully saturated rings. The van der Waals surface area contributed by atoms with Crippen molar-refractivity contribution in [3.05, 3.63) is 29.8 Å². The van der Waals surface area contributed by atoms with Crippen molar-refractivity contribution in [2.24, 2.45) is 5.41 Å². The summed E-state index contributed by atoms with van der Waals surface area (Å²) in [6.07, 6.45) is 0. The third kappa shape index (κ3) is 3.70. The first kappa shape index (κ1) is 12.3. The van der Waals surface area contributed by atoms with E-state index >= 15 is 0 Å². The van der Waals surface area contributed by atoms with Crippen molar-refractivity contribution >= 4 is 12.6 Å². The fraction of sp³-hybridized carbons (Fsp3) is 0.455. The highest BCUT2D eigenvalue weighted by atomic mass is 32.1. The van der Waals surface area contributed by atoms with E-state index in [2.05, 4.69) is 12.6 Å². The number of halogens is 2. The maximum atomic E-state index is 13.1. The number of thiol groups is 1. The number of hydrogen-bond donors (Lipinski definition) is 1. The second-order valence-electron chi connectivity index (χ2n) is 4.19. The average molecular weight is 232 g/mol. The molecule has 0 aliphatic rings. The summed E-state index contributed by atoms with van der Waals surface area (Å²) in [6.45, 7) is 4.19. The molecule has 0 aliphatic heterocycles. The quantitative estimate of drug-likeness (QED) is 0.784. The van der Waals surface area contributed by atoms with Crippen molar-refractivity contribution in [2.75, 3.05) is 12.4 Å². The lowest BCUT2D eigenvalue weighted by molar-refractivity contribution is 0.194. The summed E-state index contributed by atoms with van der Waals surface area (Å²) in [6, 6.07) is 3.16. The van der Waals surface area contributed by atoms with E-state index in [0.717, 1.165) is 18.2 Å². The molecule has 0 heterocycles. The lowest BCUT2D eigenvalue weighted by atomic mass is 9.98. The molecule has 1 rings (SSSR count). The van der Waals surface area contributed by atoms with Crippen LogP contribution in [0.4, 0.5) is 8.78 Å². The van der Waals surface area contributed by atoms with Crippen LogP contribution in [0.3, 0.4) is 0 Å². The first-order valence-corrected chi connectivity index (χ1v) is 5.26. The van der Waals surface area contributed by atoms with E-state index in [1.807, 2.05) is 13.8 Å². The molecule has 0 bridgehead atoms. The Morgan fingerprint density at radius 1 is 1.33 bits per heavy atom. The van der Waals surface area contributed by atoms with Crippen molar-refractivity contribution in [3.8, 4) is 5.75 Å². The van der Waals surface area contributed by atoms with Gasteiger partial charge in [0.25, 0.3) is 0 Å². The molecule has 1 aromatic rings. The Morgan fingerprint density at radius 3 is 2.60 bits per heavy atom. The van der Waals surface area contributed by atoms with E-state index in [0.29, 0.717) is 12.4 Å². The Bertz CT molecular complexity index is 339. The zero-order valence-electron chi connectivity index (χ0n) is 8.76. The van der Waals surface area contributed by atoms with E-state index in [9.17, 15) is 8.78 Å². The van der Waals surface area contributed by atoms with E-state index < -0.39 is 11.6 Å². The van der Waals surface area contributed by atoms with Crippen molar-refractivity contribution in [3.63, 3.8) is 0 Å². The maximum Gasteiger partial charge on any atom is 0.165 e. The summed E-state index contributed by atoms with van der Waals surface area (Å²) < 4.78 is 31.1. The van der Waals surface area contributed by atoms with Gasteiger partial charge >= 0.3 is 0 Å². The molecule has 0 radical (unpaired) electrons. The van der Waals surface area contributed by atoms with Gasteiger partial charge in [-0.05, 0) is 17.9 Å². The van der Waals surface area contributed by atoms with E-state index in [-0.39, 0.29) is 11.2 Å². The molecule has 0 spiro atoms. The largest absolute Gasteiger partial charge is 0.490 e. The van der Waals surface area contributed by atoms with Gasteiger partial charge in [0.1, 0.15) is 5.82 Å². The van der Waals surface area contributed by atoms with Gasteiger partial charge in [0.15, 0.2) is 11.6 Å². The van der Waals surface area contributed by atoms with Gasteiger partial charge in [-0.1, -0.05) is 13.8 Å². The SMILES string of the molecule is CC(C)(CS)COc1cc(F)ccc1F. The van der Waals surface area contributed by atoms with Gasteiger partial charge in [0.05, 0.1) is 6.61 Å². The second kappa shape index (κ2) is 4.84. The van der Waals surface area contributed by atoms with Gasteiger partial charge in [-0.2, -0.15) is 12.6 Å². The number of hydrogen-bond acceptors (Lipinski definition) is 2. The highest BCUT2D eigenvalue weighted by Crippen LogP contribution is 2.22. The lowest BCUT2D eigenvalue weighted by Crippen LogP contribution is -2.23. The molecule has 0 saturated carbocycles. The molecule has 1 aromatic carbocycles. The molecule has 15 heavy (non-hydrogen) atoms. The molecule has 0 aliphatic carbocycles. The molecule has 0 saturated heterocycles. The van der Waals surface area contributed by atoms with Gasteiger partial charge < -0.3 is 4.74 Å². The summed E-state index contributed by atoms with van der Waals surface area (Å²) in [5, 5.41) is 0. The third-order valence-corrected chi connectivity index (χ3v) is 2.80. The minimum absolute atomic E-state index is 0.0511. The van der Waals surface area contributed by atoms with Gasteiger partial charge in [0.2, 0.25) is 0 Å². The van der Waals surface area contributed by atoms with Crippen molar-refractivity contribution < 1.29 is 13.5 Å². The normalized spacial score (nSPS) is 11.5. The molecule has 84 valence electrons. The summed E-state index contributed by atoms with van der Waals surface area (Å²) in [5.41, 5.74) is -0.165. The fourth-order valence-electron chi connectivity index (χ4n) is 0.907. The molecule has 0 unspecified atom stereocenters. The van der Waals surface area contributed by atoms with Crippen LogP contribution in [-0.2, 0) is 0 Å². The molecular formula is C11H14F2OS. The Kier molecular flexibility index (Phi) is 3.97. The molecule has 0 N–H and O–H groups in total. The first-order valence-electron chi connectivity index (χ1n) is 4.63. The molecule has 1 nitrogen and oxygen atoms in total. The van der Waals surface area contributed by atoms with Crippen molar-refractivity contribution in [1.29, 1.82) is 0 Å². The van der Waals surface area contributed by atoms with Crippen LogP contribution in [-0.4, -0.2) is 12.4 Å². The maximum absolute atomic E-state index is 13.1. The van der Waals surface area contributed by atoms with Crippen LogP contribution in [0.5, 0.6) is 5.75 Å². The number of benzene rings is 1. The highest BCUT2D eigenvalue weighted by Gasteiger charge is 2.17. The summed E-state index contributed by atoms with van der Waals surface area (Å²) in [7, 11) is 0. The minimum Gasteiger partial charge on any atom is -0.490 e. The van der Waals surface area contributed by atoms with Crippen LogP contribution in [0.2, 0.25) is 0 Å². The lowest BCUT2D eigenvalue weighted by Gasteiger charge is -2.22. The molecule has 0 atom stereocenters. The van der Waals surface area contributed by atoms with Crippen LogP contribution in [0.15, 0.2) is 18.2 Å². The first-order chi connectivity index (χ1) is 6.94. The summed E-state index contributed by atoms with van der Waals surface area (Å²) in [4.78, 5) is 0. The fourth-order valence-corrected chi connectivity index (χ4v) is 0.998. The molecular weight excluding hydrogens is 218 g/mol. The van der Waals surface area contributed by atoms with E-state index in [1.54, 1.807) is 0 Å². The van der Waals surface area contributed by atoms with Gasteiger partial charge in [-0.25, -0.2) is 8.78 Å². The zero-order valence-corrected chi connectivity index (χ0v) is 9.65. The monoisotopic (exact) mass is 232 g/mol. The third-order valence-electron chi connectivity index (χ3n) is 1.94. The topological polar surface area (TPSA) is 9.23 Å². The smallest absolute Gasteiger partial charge is 0.165 e. The van der Waals surface area contributed by atoms with Crippen molar-refractivity contribution in [2.45, 2.75) is 13.8 Å². The second-order valence-corrected chi connectivity index (χ2v) is 4.50. The Morgan fingerprint density at radius 2 is 2.00 bits per heavy atom. The van der Waals surface area contributed by atoms with Crippen LogP contribution in [0, 0.1) is 17.0 Å². The van der Waals surface area contributed by atoms with Crippen molar-refractivity contribution in [1.82, 2.24) is 0 Å². The Balaban J connectivity index is 2.69. The number of rotatable bonds is 4. The summed E-state index contributed by atoms with van der Waals surface area (Å²) >= 11 is 4.15. The van der Waals surface area contributed by atoms with E-state index in [4.69, 9.17) is 4.74 Å². The van der Waals surface area contributed by atoms with Crippen LogP contribution < -0.4 is 4.74 Å². The molecule has 4 heteroatoms. The van der Waals surface area contributed by atoms with Gasteiger partial charge in [-0.3, -0.25) is 0 Å². The zero-order chi connectivity index (χ0) is 11.5. The summed E-state index contributed by atoms with van der Waals surface area (Å²) in [5.74, 6) is -0.490. The molecule has 0 amide bonds. The van der Waals surface area contributed by atoms with Crippen LogP contribution in [0.1, 0.15) is 13.8 Å². The van der Waals surface area contributed by atoms with Crippen LogP contribution in [0.25, 0.3) is 0 Å².